The van der Waals surface area contributed by atoms with Gasteiger partial charge in [0, 0.05) is 22.3 Å². The zero-order valence-electron chi connectivity index (χ0n) is 21.1. The van der Waals surface area contributed by atoms with Crippen molar-refractivity contribution in [2.75, 3.05) is 12.4 Å². The molecule has 0 aromatic carbocycles. The van der Waals surface area contributed by atoms with E-state index in [1.165, 1.54) is 16.7 Å². The predicted octanol–water partition coefficient (Wildman–Crippen LogP) is 5.08. The van der Waals surface area contributed by atoms with Crippen molar-refractivity contribution in [1.82, 2.24) is 13.1 Å². The summed E-state index contributed by atoms with van der Waals surface area (Å²) in [7, 11) is -2.47. The SMILES string of the molecule is CC(C)c1coc([C@H](N=c2[nH][s+]([O-])nc2Nc2csc(S(=O)(=O)N(C)C(C)(C)C)c2O)C(C)C)c1. The second-order valence-corrected chi connectivity index (χ2v) is 13.9. The zero-order valence-corrected chi connectivity index (χ0v) is 23.6. The molecule has 2 atom stereocenters. The summed E-state index contributed by atoms with van der Waals surface area (Å²) in [5, 5.41) is 15.1. The monoisotopic (exact) mass is 543 g/mol. The van der Waals surface area contributed by atoms with Gasteiger partial charge in [-0.15, -0.1) is 15.7 Å². The van der Waals surface area contributed by atoms with Crippen molar-refractivity contribution in [3.63, 3.8) is 0 Å². The third-order valence-electron chi connectivity index (χ3n) is 5.61. The molecule has 3 N–H and O–H groups in total. The third kappa shape index (κ3) is 5.80. The molecular formula is C22H33N5O5S3. The van der Waals surface area contributed by atoms with E-state index in [9.17, 15) is 18.1 Å². The molecule has 0 bridgehead atoms. The lowest BCUT2D eigenvalue weighted by atomic mass is 10.0. The fraction of sp³-hybridized carbons (Fsp3) is 0.545. The van der Waals surface area contributed by atoms with E-state index in [0.29, 0.717) is 11.7 Å². The number of sulfonamides is 1. The van der Waals surface area contributed by atoms with Crippen LogP contribution >= 0.6 is 22.5 Å². The molecule has 0 radical (unpaired) electrons. The van der Waals surface area contributed by atoms with Crippen molar-refractivity contribution in [1.29, 1.82) is 0 Å². The maximum absolute atomic E-state index is 13.0. The Hall–Kier alpha value is -2.19. The maximum Gasteiger partial charge on any atom is 0.256 e. The number of hydrogen-bond acceptors (Lipinski definition) is 9. The van der Waals surface area contributed by atoms with Crippen LogP contribution in [-0.2, 0) is 10.0 Å². The highest BCUT2D eigenvalue weighted by molar-refractivity contribution is 7.91. The Balaban J connectivity index is 1.99. The average Bonchev–Trinajstić information content (AvgIpc) is 3.44. The summed E-state index contributed by atoms with van der Waals surface area (Å²) in [6, 6.07) is 1.59. The molecule has 3 heterocycles. The molecule has 10 nitrogen and oxygen atoms in total. The highest BCUT2D eigenvalue weighted by atomic mass is 32.2. The molecule has 0 aliphatic heterocycles. The smallest absolute Gasteiger partial charge is 0.256 e. The Labute approximate surface area is 212 Å². The minimum Gasteiger partial charge on any atom is -0.548 e. The lowest BCUT2D eigenvalue weighted by Gasteiger charge is -2.30. The zero-order chi connectivity index (χ0) is 26.3. The fourth-order valence-electron chi connectivity index (χ4n) is 3.17. The van der Waals surface area contributed by atoms with E-state index in [0.717, 1.165) is 16.9 Å². The van der Waals surface area contributed by atoms with E-state index in [2.05, 4.69) is 27.9 Å². The Morgan fingerprint density at radius 2 is 1.97 bits per heavy atom. The van der Waals surface area contributed by atoms with E-state index in [-0.39, 0.29) is 33.2 Å². The van der Waals surface area contributed by atoms with Crippen molar-refractivity contribution in [2.45, 2.75) is 70.2 Å². The number of thiophene rings is 1. The van der Waals surface area contributed by atoms with Crippen LogP contribution in [0.15, 0.2) is 31.3 Å². The topological polar surface area (TPSA) is 147 Å². The number of H-pyrrole nitrogens is 1. The molecular weight excluding hydrogens is 510 g/mol. The molecule has 3 rings (SSSR count). The Kier molecular flexibility index (Phi) is 7.87. The lowest BCUT2D eigenvalue weighted by Crippen LogP contribution is -2.42. The molecule has 0 aliphatic rings. The summed E-state index contributed by atoms with van der Waals surface area (Å²) in [4.78, 5) is 4.71. The largest absolute Gasteiger partial charge is 0.548 e. The summed E-state index contributed by atoms with van der Waals surface area (Å²) in [5.41, 5.74) is 0.736. The van der Waals surface area contributed by atoms with E-state index in [1.807, 2.05) is 19.9 Å². The first kappa shape index (κ1) is 27.4. The number of furan rings is 1. The van der Waals surface area contributed by atoms with Gasteiger partial charge in [0.1, 0.15) is 11.8 Å². The van der Waals surface area contributed by atoms with Gasteiger partial charge in [0.05, 0.1) is 12.0 Å². The Bertz CT molecular complexity index is 1340. The van der Waals surface area contributed by atoms with Crippen molar-refractivity contribution >= 4 is 44.0 Å². The first-order valence-electron chi connectivity index (χ1n) is 11.1. The van der Waals surface area contributed by atoms with E-state index >= 15 is 0 Å². The highest BCUT2D eigenvalue weighted by Crippen LogP contribution is 2.41. The van der Waals surface area contributed by atoms with Gasteiger partial charge in [0.15, 0.2) is 21.1 Å². The van der Waals surface area contributed by atoms with Crippen LogP contribution in [-0.4, -0.2) is 43.7 Å². The molecule has 0 fully saturated rings. The number of nitrogens with one attached hydrogen (secondary N) is 2. The predicted molar refractivity (Wildman–Crippen MR) is 137 cm³/mol. The fourth-order valence-corrected chi connectivity index (χ4v) is 6.74. The lowest BCUT2D eigenvalue weighted by molar-refractivity contribution is 0.291. The number of rotatable bonds is 8. The molecule has 3 aromatic heterocycles. The average molecular weight is 544 g/mol. The number of hydrogen-bond donors (Lipinski definition) is 3. The first-order chi connectivity index (χ1) is 16.1. The molecule has 0 saturated carbocycles. The van der Waals surface area contributed by atoms with Crippen LogP contribution in [0.1, 0.15) is 71.7 Å². The van der Waals surface area contributed by atoms with Gasteiger partial charge in [-0.2, -0.15) is 4.31 Å². The van der Waals surface area contributed by atoms with E-state index in [4.69, 9.17) is 9.41 Å². The van der Waals surface area contributed by atoms with Gasteiger partial charge >= 0.3 is 0 Å². The van der Waals surface area contributed by atoms with Crippen LogP contribution in [0.3, 0.4) is 0 Å². The number of aromatic amines is 1. The molecule has 35 heavy (non-hydrogen) atoms. The van der Waals surface area contributed by atoms with Gasteiger partial charge in [-0.05, 0) is 44.2 Å². The van der Waals surface area contributed by atoms with Crippen LogP contribution in [0, 0.1) is 5.92 Å². The van der Waals surface area contributed by atoms with Crippen LogP contribution in [0.5, 0.6) is 5.75 Å². The molecule has 13 heteroatoms. The summed E-state index contributed by atoms with van der Waals surface area (Å²) < 4.78 is 51.7. The van der Waals surface area contributed by atoms with Crippen molar-refractivity contribution < 1.29 is 22.5 Å². The van der Waals surface area contributed by atoms with Crippen LogP contribution < -0.4 is 10.8 Å². The molecule has 194 valence electrons. The summed E-state index contributed by atoms with van der Waals surface area (Å²) in [5.74, 6) is 0.731. The number of aromatic nitrogens is 2. The normalized spacial score (nSPS) is 15.0. The molecule has 0 spiro atoms. The summed E-state index contributed by atoms with van der Waals surface area (Å²) >= 11 is -0.886. The Morgan fingerprint density at radius 1 is 1.31 bits per heavy atom. The highest BCUT2D eigenvalue weighted by Gasteiger charge is 2.34. The standard InChI is InChI=1S/C22H33N5O5S3/c1-12(2)14-9-16(32-10-14)17(13(3)4)24-20-19(25-34(29)26-20)23-15-11-33-21(18(15)28)35(30,31)27(8)22(5,6)7/h9-13,17,28H,1-8H3,(H,23,25)(H,24,26)/t17-,34?/m1/s1. The van der Waals surface area contributed by atoms with Gasteiger partial charge in [-0.1, -0.05) is 27.7 Å². The molecule has 0 amide bonds. The second-order valence-electron chi connectivity index (χ2n) is 9.95. The minimum absolute atomic E-state index is 0.0602. The maximum atomic E-state index is 13.0. The van der Waals surface area contributed by atoms with Crippen molar-refractivity contribution in [3.05, 3.63) is 34.5 Å². The van der Waals surface area contributed by atoms with Crippen LogP contribution in [0.4, 0.5) is 11.5 Å². The third-order valence-corrected chi connectivity index (χ3v) is 9.93. The second kappa shape index (κ2) is 10.1. The molecule has 0 aliphatic carbocycles. The van der Waals surface area contributed by atoms with E-state index < -0.39 is 32.5 Å². The van der Waals surface area contributed by atoms with Gasteiger partial charge in [0.2, 0.25) is 11.3 Å². The van der Waals surface area contributed by atoms with Crippen molar-refractivity contribution in [2.24, 2.45) is 10.9 Å². The molecule has 1 unspecified atom stereocenters. The van der Waals surface area contributed by atoms with Crippen LogP contribution in [0.25, 0.3) is 0 Å². The summed E-state index contributed by atoms with van der Waals surface area (Å²) in [6.45, 7) is 13.4. The Morgan fingerprint density at radius 3 is 2.51 bits per heavy atom. The minimum atomic E-state index is -3.93. The van der Waals surface area contributed by atoms with Gasteiger partial charge < -0.3 is 19.4 Å². The van der Waals surface area contributed by atoms with E-state index in [1.54, 1.807) is 27.0 Å². The van der Waals surface area contributed by atoms with Gasteiger partial charge in [-0.25, -0.2) is 13.4 Å². The van der Waals surface area contributed by atoms with Gasteiger partial charge in [-0.3, -0.25) is 0 Å². The molecule has 3 aromatic rings. The summed E-state index contributed by atoms with van der Waals surface area (Å²) in [6.07, 6.45) is 1.71. The van der Waals surface area contributed by atoms with Gasteiger partial charge in [0.25, 0.3) is 10.0 Å². The number of anilines is 2. The van der Waals surface area contributed by atoms with Crippen LogP contribution in [0.2, 0.25) is 0 Å². The van der Waals surface area contributed by atoms with Crippen molar-refractivity contribution in [3.8, 4) is 5.75 Å². The molecule has 0 saturated heterocycles. The number of aromatic hydroxyl groups is 1. The number of nitrogens with zero attached hydrogens (tertiary/aromatic N) is 3. The first-order valence-corrected chi connectivity index (χ1v) is 14.6. The quantitative estimate of drug-likeness (QED) is 0.336.